The second-order valence-corrected chi connectivity index (χ2v) is 5.53. The first-order valence-electron chi connectivity index (χ1n) is 5.69. The van der Waals surface area contributed by atoms with Crippen molar-refractivity contribution in [1.82, 2.24) is 9.78 Å². The zero-order chi connectivity index (χ0) is 12.5. The van der Waals surface area contributed by atoms with Crippen molar-refractivity contribution < 1.29 is 0 Å². The first-order valence-corrected chi connectivity index (χ1v) is 5.69. The van der Waals surface area contributed by atoms with E-state index < -0.39 is 0 Å². The van der Waals surface area contributed by atoms with E-state index in [1.54, 1.807) is 0 Å². The lowest BCUT2D eigenvalue weighted by Crippen LogP contribution is -2.17. The fourth-order valence-electron chi connectivity index (χ4n) is 1.57. The Labute approximate surface area is 98.3 Å². The van der Waals surface area contributed by atoms with Crippen LogP contribution in [0.25, 0.3) is 6.08 Å². The summed E-state index contributed by atoms with van der Waals surface area (Å²) in [6.45, 7) is 10.6. The van der Waals surface area contributed by atoms with Crippen LogP contribution in [0.5, 0.6) is 0 Å². The summed E-state index contributed by atoms with van der Waals surface area (Å²) >= 11 is 0. The van der Waals surface area contributed by atoms with Gasteiger partial charge in [0, 0.05) is 30.3 Å². The normalized spacial score (nSPS) is 15.3. The quantitative estimate of drug-likeness (QED) is 0.833. The van der Waals surface area contributed by atoms with E-state index in [0.717, 1.165) is 5.69 Å². The lowest BCUT2D eigenvalue weighted by Gasteiger charge is -2.16. The van der Waals surface area contributed by atoms with Gasteiger partial charge in [-0.1, -0.05) is 32.4 Å². The van der Waals surface area contributed by atoms with E-state index >= 15 is 0 Å². The maximum absolute atomic E-state index is 5.85. The van der Waals surface area contributed by atoms with Crippen LogP contribution >= 0.6 is 0 Å². The maximum atomic E-state index is 5.85. The second-order valence-electron chi connectivity index (χ2n) is 5.53. The highest BCUT2D eigenvalue weighted by Crippen LogP contribution is 2.25. The van der Waals surface area contributed by atoms with E-state index in [1.807, 2.05) is 24.9 Å². The summed E-state index contributed by atoms with van der Waals surface area (Å²) in [4.78, 5) is 0. The predicted molar refractivity (Wildman–Crippen MR) is 69.2 cm³/mol. The van der Waals surface area contributed by atoms with E-state index in [0.29, 0.717) is 0 Å². The number of aromatic nitrogens is 2. The van der Waals surface area contributed by atoms with Gasteiger partial charge in [-0.25, -0.2) is 0 Å². The van der Waals surface area contributed by atoms with Gasteiger partial charge in [-0.2, -0.15) is 5.10 Å². The molecule has 0 saturated carbocycles. The van der Waals surface area contributed by atoms with Crippen molar-refractivity contribution in [2.24, 2.45) is 12.8 Å². The molecule has 1 rings (SSSR count). The Hall–Kier alpha value is -1.09. The van der Waals surface area contributed by atoms with E-state index in [1.165, 1.54) is 11.1 Å². The molecule has 90 valence electrons. The molecule has 16 heavy (non-hydrogen) atoms. The van der Waals surface area contributed by atoms with Gasteiger partial charge in [0.05, 0.1) is 5.69 Å². The topological polar surface area (TPSA) is 43.8 Å². The molecule has 0 bridgehead atoms. The van der Waals surface area contributed by atoms with Gasteiger partial charge < -0.3 is 5.73 Å². The molecule has 1 aromatic heterocycles. The summed E-state index contributed by atoms with van der Waals surface area (Å²) in [7, 11) is 1.95. The highest BCUT2D eigenvalue weighted by atomic mass is 15.3. The summed E-state index contributed by atoms with van der Waals surface area (Å²) in [5, 5.41) is 4.53. The van der Waals surface area contributed by atoms with Gasteiger partial charge in [0.1, 0.15) is 0 Å². The molecular formula is C13H23N3. The monoisotopic (exact) mass is 221 g/mol. The molecule has 0 saturated heterocycles. The molecule has 1 atom stereocenters. The van der Waals surface area contributed by atoms with Crippen molar-refractivity contribution in [3.63, 3.8) is 0 Å². The van der Waals surface area contributed by atoms with Crippen LogP contribution < -0.4 is 5.73 Å². The van der Waals surface area contributed by atoms with Crippen molar-refractivity contribution in [2.75, 3.05) is 0 Å². The molecule has 0 spiro atoms. The zero-order valence-corrected chi connectivity index (χ0v) is 11.2. The first-order chi connectivity index (χ1) is 7.21. The van der Waals surface area contributed by atoms with Crippen LogP contribution in [-0.2, 0) is 12.5 Å². The van der Waals surface area contributed by atoms with E-state index in [4.69, 9.17) is 5.73 Å². The van der Waals surface area contributed by atoms with Crippen LogP contribution in [0.2, 0.25) is 0 Å². The smallest absolute Gasteiger partial charge is 0.0750 e. The third-order valence-electron chi connectivity index (χ3n) is 2.67. The minimum absolute atomic E-state index is 0.0607. The summed E-state index contributed by atoms with van der Waals surface area (Å²) in [6, 6.07) is 0.0908. The molecule has 1 unspecified atom stereocenters. The molecule has 2 N–H and O–H groups in total. The van der Waals surface area contributed by atoms with E-state index in [9.17, 15) is 0 Å². The molecule has 1 aromatic rings. The predicted octanol–water partition coefficient (Wildman–Crippen LogP) is 2.47. The molecule has 3 heteroatoms. The van der Waals surface area contributed by atoms with Gasteiger partial charge in [-0.3, -0.25) is 4.68 Å². The minimum Gasteiger partial charge on any atom is -0.324 e. The molecule has 0 aliphatic carbocycles. The Kier molecular flexibility index (Phi) is 3.58. The Morgan fingerprint density at radius 1 is 1.50 bits per heavy atom. The van der Waals surface area contributed by atoms with E-state index in [-0.39, 0.29) is 11.5 Å². The minimum atomic E-state index is 0.0607. The summed E-state index contributed by atoms with van der Waals surface area (Å²) in [5.41, 5.74) is 9.39. The summed E-state index contributed by atoms with van der Waals surface area (Å²) in [6.07, 6.45) is 4.19. The zero-order valence-electron chi connectivity index (χ0n) is 11.2. The Balaban J connectivity index is 3.20. The lowest BCUT2D eigenvalue weighted by molar-refractivity contribution is 0.552. The Morgan fingerprint density at radius 3 is 2.50 bits per heavy atom. The summed E-state index contributed by atoms with van der Waals surface area (Å²) in [5.74, 6) is 0. The second kappa shape index (κ2) is 4.42. The van der Waals surface area contributed by atoms with Crippen molar-refractivity contribution in [2.45, 2.75) is 46.1 Å². The molecule has 0 aromatic carbocycles. The number of hydrogen-bond acceptors (Lipinski definition) is 2. The molecule has 0 fully saturated rings. The Morgan fingerprint density at radius 2 is 2.06 bits per heavy atom. The molecule has 0 radical (unpaired) electrons. The highest BCUT2D eigenvalue weighted by Gasteiger charge is 2.20. The fraction of sp³-hybridized carbons (Fsp3) is 0.615. The van der Waals surface area contributed by atoms with Crippen molar-refractivity contribution in [3.8, 4) is 0 Å². The van der Waals surface area contributed by atoms with Crippen LogP contribution in [0.15, 0.2) is 11.8 Å². The number of aryl methyl sites for hydroxylation is 1. The van der Waals surface area contributed by atoms with E-state index in [2.05, 4.69) is 38.9 Å². The molecular weight excluding hydrogens is 198 g/mol. The van der Waals surface area contributed by atoms with Crippen molar-refractivity contribution in [1.29, 1.82) is 0 Å². The molecule has 0 aliphatic rings. The largest absolute Gasteiger partial charge is 0.324 e. The van der Waals surface area contributed by atoms with Crippen molar-refractivity contribution in [3.05, 3.63) is 23.0 Å². The summed E-state index contributed by atoms with van der Waals surface area (Å²) < 4.78 is 1.86. The van der Waals surface area contributed by atoms with Gasteiger partial charge in [0.15, 0.2) is 0 Å². The van der Waals surface area contributed by atoms with Gasteiger partial charge >= 0.3 is 0 Å². The van der Waals surface area contributed by atoms with Gasteiger partial charge in [-0.05, 0) is 13.8 Å². The molecule has 1 heterocycles. The van der Waals surface area contributed by atoms with Crippen LogP contribution in [0, 0.1) is 0 Å². The highest BCUT2D eigenvalue weighted by molar-refractivity contribution is 5.56. The average Bonchev–Trinajstić information content (AvgIpc) is 2.45. The van der Waals surface area contributed by atoms with Crippen LogP contribution in [0.1, 0.15) is 45.9 Å². The number of nitrogens with zero attached hydrogens (tertiary/aromatic N) is 2. The number of hydrogen-bond donors (Lipinski definition) is 1. The van der Waals surface area contributed by atoms with Crippen LogP contribution in [-0.4, -0.2) is 15.8 Å². The molecule has 3 nitrogen and oxygen atoms in total. The number of rotatable bonds is 2. The third-order valence-corrected chi connectivity index (χ3v) is 2.67. The van der Waals surface area contributed by atoms with Gasteiger partial charge in [-0.15, -0.1) is 0 Å². The SMILES string of the molecule is CC(=Cc1cn(C)nc1C(C)(C)C)C(C)N. The Bertz CT molecular complexity index is 392. The molecule has 0 amide bonds. The van der Waals surface area contributed by atoms with Gasteiger partial charge in [0.25, 0.3) is 0 Å². The fourth-order valence-corrected chi connectivity index (χ4v) is 1.57. The standard InChI is InChI=1S/C13H23N3/c1-9(10(2)14)7-11-8-16(6)15-12(11)13(3,4)5/h7-8,10H,14H2,1-6H3. The van der Waals surface area contributed by atoms with Crippen LogP contribution in [0.4, 0.5) is 0 Å². The number of nitrogens with two attached hydrogens (primary N) is 1. The lowest BCUT2D eigenvalue weighted by atomic mass is 9.89. The third kappa shape index (κ3) is 2.95. The molecule has 0 aliphatic heterocycles. The van der Waals surface area contributed by atoms with Crippen molar-refractivity contribution >= 4 is 6.08 Å². The average molecular weight is 221 g/mol. The first kappa shape index (κ1) is 13.0. The van der Waals surface area contributed by atoms with Gasteiger partial charge in [0.2, 0.25) is 0 Å². The maximum Gasteiger partial charge on any atom is 0.0750 e. The van der Waals surface area contributed by atoms with Crippen LogP contribution in [0.3, 0.4) is 0 Å².